The molecule has 0 saturated heterocycles. The number of ketones is 1. The van der Waals surface area contributed by atoms with Crippen LogP contribution in [0.3, 0.4) is 0 Å². The number of hydrogen-bond acceptors (Lipinski definition) is 2. The van der Waals surface area contributed by atoms with E-state index in [4.69, 9.17) is 0 Å². The van der Waals surface area contributed by atoms with Gasteiger partial charge in [-0.2, -0.15) is 5.26 Å². The Balaban J connectivity index is 1.45. The summed E-state index contributed by atoms with van der Waals surface area (Å²) in [5.74, 6) is 6.67. The van der Waals surface area contributed by atoms with Crippen molar-refractivity contribution in [3.63, 3.8) is 0 Å². The Morgan fingerprint density at radius 2 is 2.04 bits per heavy atom. The lowest BCUT2D eigenvalue weighted by Crippen LogP contribution is -2.52. The predicted molar refractivity (Wildman–Crippen MR) is 95.2 cm³/mol. The summed E-state index contributed by atoms with van der Waals surface area (Å²) < 4.78 is 0. The van der Waals surface area contributed by atoms with Gasteiger partial charge in [-0.1, -0.05) is 12.5 Å². The molecule has 0 spiro atoms. The van der Waals surface area contributed by atoms with E-state index in [0.29, 0.717) is 17.6 Å². The fourth-order valence-electron chi connectivity index (χ4n) is 9.09. The van der Waals surface area contributed by atoms with Crippen LogP contribution in [0.1, 0.15) is 58.8 Å². The van der Waals surface area contributed by atoms with Gasteiger partial charge in [0.15, 0.2) is 5.78 Å². The molecule has 0 aliphatic heterocycles. The van der Waals surface area contributed by atoms with Crippen LogP contribution in [0, 0.1) is 69.5 Å². The number of nitrogens with zero attached hydrogens (tertiary/aromatic N) is 1. The molecule has 6 aliphatic rings. The second kappa shape index (κ2) is 4.41. The lowest BCUT2D eigenvalue weighted by atomic mass is 9.46. The van der Waals surface area contributed by atoms with Crippen LogP contribution in [0.25, 0.3) is 0 Å². The van der Waals surface area contributed by atoms with Gasteiger partial charge in [-0.15, -0.1) is 0 Å². The molecule has 0 bridgehead atoms. The average Bonchev–Trinajstić information content (AvgIpc) is 3.52. The highest BCUT2D eigenvalue weighted by molar-refractivity contribution is 5.91. The lowest BCUT2D eigenvalue weighted by Gasteiger charge is -2.57. The molecule has 6 aliphatic carbocycles. The maximum absolute atomic E-state index is 12.0. The summed E-state index contributed by atoms with van der Waals surface area (Å²) >= 11 is 0. The second-order valence-corrected chi connectivity index (χ2v) is 10.4. The zero-order valence-corrected chi connectivity index (χ0v) is 15.5. The van der Waals surface area contributed by atoms with Gasteiger partial charge < -0.3 is 0 Å². The Morgan fingerprint density at radius 3 is 2.80 bits per heavy atom. The van der Waals surface area contributed by atoms with Crippen LogP contribution in [-0.4, -0.2) is 5.78 Å². The van der Waals surface area contributed by atoms with E-state index in [0.717, 1.165) is 48.3 Å². The van der Waals surface area contributed by atoms with Gasteiger partial charge in [0.2, 0.25) is 0 Å². The molecule has 0 aromatic carbocycles. The molecule has 132 valence electrons. The van der Waals surface area contributed by atoms with Crippen LogP contribution >= 0.6 is 0 Å². The van der Waals surface area contributed by atoms with Gasteiger partial charge in [-0.05, 0) is 104 Å². The van der Waals surface area contributed by atoms with Crippen LogP contribution in [0.2, 0.25) is 0 Å². The molecule has 2 heteroatoms. The van der Waals surface area contributed by atoms with Crippen molar-refractivity contribution in [2.24, 2.45) is 58.2 Å². The van der Waals surface area contributed by atoms with Gasteiger partial charge in [0.25, 0.3) is 0 Å². The minimum absolute atomic E-state index is 0.0783. The van der Waals surface area contributed by atoms with Gasteiger partial charge in [0.05, 0.1) is 11.5 Å². The topological polar surface area (TPSA) is 40.9 Å². The molecule has 5 fully saturated rings. The Labute approximate surface area is 151 Å². The van der Waals surface area contributed by atoms with Crippen LogP contribution in [0.15, 0.2) is 11.6 Å². The third kappa shape index (κ3) is 1.53. The van der Waals surface area contributed by atoms with Gasteiger partial charge in [-0.3, -0.25) is 4.79 Å². The van der Waals surface area contributed by atoms with Crippen molar-refractivity contribution in [3.8, 4) is 6.07 Å². The van der Waals surface area contributed by atoms with E-state index in [-0.39, 0.29) is 10.8 Å². The molecule has 0 amide bonds. The first kappa shape index (κ1) is 15.0. The third-order valence-electron chi connectivity index (χ3n) is 10.1. The number of carbonyl (C=O) groups excluding carboxylic acids is 1. The summed E-state index contributed by atoms with van der Waals surface area (Å²) in [6.45, 7) is 4.69. The lowest BCUT2D eigenvalue weighted by molar-refractivity contribution is -0.116. The fourth-order valence-corrected chi connectivity index (χ4v) is 9.09. The van der Waals surface area contributed by atoms with Crippen molar-refractivity contribution < 1.29 is 4.79 Å². The minimum atomic E-state index is -0.0783. The molecule has 0 N–H and O–H groups in total. The Kier molecular flexibility index (Phi) is 2.65. The summed E-state index contributed by atoms with van der Waals surface area (Å²) in [7, 11) is 0. The monoisotopic (exact) mass is 335 g/mol. The zero-order chi connectivity index (χ0) is 17.1. The summed E-state index contributed by atoms with van der Waals surface area (Å²) in [6.07, 6.45) is 10.4. The maximum atomic E-state index is 12.0. The summed E-state index contributed by atoms with van der Waals surface area (Å²) in [6, 6.07) is 2.85. The normalized spacial score (nSPS) is 60.2. The number of fused-ring (bicyclic) bond motifs is 10. The average molecular weight is 335 g/mol. The smallest absolute Gasteiger partial charge is 0.155 e. The third-order valence-corrected chi connectivity index (χ3v) is 10.1. The fraction of sp³-hybridized carbons (Fsp3) is 0.826. The minimum Gasteiger partial charge on any atom is -0.295 e. The van der Waals surface area contributed by atoms with E-state index < -0.39 is 0 Å². The highest BCUT2D eigenvalue weighted by Crippen LogP contribution is 2.82. The molecular weight excluding hydrogens is 306 g/mol. The number of carbonyl (C=O) groups is 1. The summed E-state index contributed by atoms with van der Waals surface area (Å²) in [5.41, 5.74) is 1.76. The molecule has 0 radical (unpaired) electrons. The van der Waals surface area contributed by atoms with Gasteiger partial charge in [0.1, 0.15) is 0 Å². The van der Waals surface area contributed by atoms with Gasteiger partial charge in [-0.25, -0.2) is 0 Å². The number of allylic oxidation sites excluding steroid dienone is 1. The quantitative estimate of drug-likeness (QED) is 0.693. The van der Waals surface area contributed by atoms with Crippen molar-refractivity contribution in [3.05, 3.63) is 11.6 Å². The van der Waals surface area contributed by atoms with Crippen molar-refractivity contribution in [1.29, 1.82) is 5.26 Å². The maximum Gasteiger partial charge on any atom is 0.155 e. The molecule has 0 aromatic rings. The molecule has 25 heavy (non-hydrogen) atoms. The standard InChI is InChI=1S/C23H29NO/c1-3-23-7-6-14-13-5-4-12(25)8-15(13)16-9-17(16)20(14)21(23)18-10-19(18)22(23,2)11-24/h8,13-14,16-21H,3-7,9-10H2,1-2H3/t13-,14-,16+,17+,18-,19+,20+,21+,22?,23+/m1/s1. The molecule has 2 nitrogen and oxygen atoms in total. The van der Waals surface area contributed by atoms with Gasteiger partial charge >= 0.3 is 0 Å². The van der Waals surface area contributed by atoms with E-state index in [1.807, 2.05) is 0 Å². The van der Waals surface area contributed by atoms with Crippen LogP contribution in [-0.2, 0) is 4.79 Å². The van der Waals surface area contributed by atoms with E-state index in [1.165, 1.54) is 32.1 Å². The first-order valence-corrected chi connectivity index (χ1v) is 10.7. The van der Waals surface area contributed by atoms with Crippen molar-refractivity contribution in [1.82, 2.24) is 0 Å². The van der Waals surface area contributed by atoms with Crippen LogP contribution in [0.4, 0.5) is 0 Å². The van der Waals surface area contributed by atoms with Crippen molar-refractivity contribution in [2.45, 2.75) is 58.8 Å². The SMILES string of the molecule is CC[C@]12CC[C@H]3[C@@H]([C@H]4C[C@H]4C4=CC(=O)CC[C@@H]43)[C@@H]1[C@@H]1C[C@@H]1C2(C)C#N. The molecule has 1 unspecified atom stereocenters. The van der Waals surface area contributed by atoms with E-state index in [1.54, 1.807) is 5.57 Å². The molecule has 0 aromatic heterocycles. The Morgan fingerprint density at radius 1 is 1.20 bits per heavy atom. The molecule has 10 atom stereocenters. The Bertz CT molecular complexity index is 746. The highest BCUT2D eigenvalue weighted by Gasteiger charge is 2.77. The molecular formula is C23H29NO. The van der Waals surface area contributed by atoms with E-state index in [9.17, 15) is 10.1 Å². The first-order valence-electron chi connectivity index (χ1n) is 10.7. The molecule has 6 rings (SSSR count). The molecule has 0 heterocycles. The Hall–Kier alpha value is -1.10. The van der Waals surface area contributed by atoms with Crippen molar-refractivity contribution in [2.75, 3.05) is 0 Å². The summed E-state index contributed by atoms with van der Waals surface area (Å²) in [5, 5.41) is 10.1. The predicted octanol–water partition coefficient (Wildman–Crippen LogP) is 4.76. The number of nitriles is 1. The van der Waals surface area contributed by atoms with Crippen LogP contribution < -0.4 is 0 Å². The highest BCUT2D eigenvalue weighted by atomic mass is 16.1. The van der Waals surface area contributed by atoms with E-state index in [2.05, 4.69) is 26.0 Å². The summed E-state index contributed by atoms with van der Waals surface area (Å²) in [4.78, 5) is 12.0. The van der Waals surface area contributed by atoms with Crippen molar-refractivity contribution >= 4 is 5.78 Å². The largest absolute Gasteiger partial charge is 0.295 e. The number of hydrogen-bond donors (Lipinski definition) is 0. The number of rotatable bonds is 1. The van der Waals surface area contributed by atoms with Crippen LogP contribution in [0.5, 0.6) is 0 Å². The second-order valence-electron chi connectivity index (χ2n) is 10.4. The first-order chi connectivity index (χ1) is 12.1. The van der Waals surface area contributed by atoms with E-state index >= 15 is 0 Å². The molecule has 5 saturated carbocycles. The van der Waals surface area contributed by atoms with Gasteiger partial charge in [0, 0.05) is 6.42 Å². The zero-order valence-electron chi connectivity index (χ0n) is 15.5.